The minimum Gasteiger partial charge on any atom is -0.493 e. The molecular weight excluding hydrogens is 259 g/mol. The van der Waals surface area contributed by atoms with Crippen molar-refractivity contribution >= 4 is 0 Å². The lowest BCUT2D eigenvalue weighted by Gasteiger charge is -2.19. The SMILES string of the molecule is CCCn1ncc(OC)c1C(NC)c1cncc(F)c1. The summed E-state index contributed by atoms with van der Waals surface area (Å²) in [6.07, 6.45) is 5.47. The fourth-order valence-electron chi connectivity index (χ4n) is 2.26. The van der Waals surface area contributed by atoms with Crippen LogP contribution in [0, 0.1) is 5.82 Å². The van der Waals surface area contributed by atoms with Crippen molar-refractivity contribution in [3.8, 4) is 5.75 Å². The van der Waals surface area contributed by atoms with E-state index in [4.69, 9.17) is 4.74 Å². The molecule has 2 heterocycles. The van der Waals surface area contributed by atoms with E-state index >= 15 is 0 Å². The molecule has 0 amide bonds. The predicted molar refractivity (Wildman–Crippen MR) is 74.2 cm³/mol. The first kappa shape index (κ1) is 14.5. The molecule has 5 nitrogen and oxygen atoms in total. The van der Waals surface area contributed by atoms with Crippen LogP contribution in [0.2, 0.25) is 0 Å². The number of rotatable bonds is 6. The average Bonchev–Trinajstić information content (AvgIpc) is 2.84. The molecule has 0 spiro atoms. The van der Waals surface area contributed by atoms with Crippen molar-refractivity contribution in [2.24, 2.45) is 0 Å². The monoisotopic (exact) mass is 278 g/mol. The third-order valence-corrected chi connectivity index (χ3v) is 3.12. The molecule has 1 N–H and O–H groups in total. The molecule has 108 valence electrons. The Kier molecular flexibility index (Phi) is 4.68. The Morgan fingerprint density at radius 2 is 2.20 bits per heavy atom. The zero-order chi connectivity index (χ0) is 14.5. The molecule has 0 aromatic carbocycles. The Hall–Kier alpha value is -1.95. The number of nitrogens with one attached hydrogen (secondary N) is 1. The molecular formula is C14H19FN4O. The van der Waals surface area contributed by atoms with Gasteiger partial charge in [0.05, 0.1) is 25.5 Å². The van der Waals surface area contributed by atoms with Gasteiger partial charge in [0.15, 0.2) is 5.75 Å². The second-order valence-electron chi connectivity index (χ2n) is 4.48. The molecule has 0 aliphatic rings. The van der Waals surface area contributed by atoms with Gasteiger partial charge in [0.2, 0.25) is 0 Å². The Morgan fingerprint density at radius 1 is 1.40 bits per heavy atom. The third-order valence-electron chi connectivity index (χ3n) is 3.12. The van der Waals surface area contributed by atoms with Gasteiger partial charge in [-0.2, -0.15) is 5.10 Å². The number of ether oxygens (including phenoxy) is 1. The molecule has 2 aromatic rings. The Bertz CT molecular complexity index is 570. The number of nitrogens with zero attached hydrogens (tertiary/aromatic N) is 3. The molecule has 20 heavy (non-hydrogen) atoms. The van der Waals surface area contributed by atoms with Crippen LogP contribution in [0.4, 0.5) is 4.39 Å². The van der Waals surface area contributed by atoms with E-state index in [0.29, 0.717) is 5.75 Å². The highest BCUT2D eigenvalue weighted by atomic mass is 19.1. The van der Waals surface area contributed by atoms with Gasteiger partial charge in [-0.25, -0.2) is 4.39 Å². The standard InChI is InChI=1S/C14H19FN4O/c1-4-5-19-14(12(20-3)9-18-19)13(16-2)10-6-11(15)8-17-7-10/h6-9,13,16H,4-5H2,1-3H3. The van der Waals surface area contributed by atoms with Crippen molar-refractivity contribution in [3.63, 3.8) is 0 Å². The lowest BCUT2D eigenvalue weighted by Crippen LogP contribution is -2.22. The van der Waals surface area contributed by atoms with Gasteiger partial charge >= 0.3 is 0 Å². The van der Waals surface area contributed by atoms with E-state index in [-0.39, 0.29) is 11.9 Å². The molecule has 0 radical (unpaired) electrons. The van der Waals surface area contributed by atoms with Gasteiger partial charge in [-0.1, -0.05) is 6.92 Å². The summed E-state index contributed by atoms with van der Waals surface area (Å²) in [4.78, 5) is 3.91. The zero-order valence-electron chi connectivity index (χ0n) is 11.9. The Morgan fingerprint density at radius 3 is 2.80 bits per heavy atom. The average molecular weight is 278 g/mol. The minimum atomic E-state index is -0.358. The molecule has 1 atom stereocenters. The van der Waals surface area contributed by atoms with Crippen molar-refractivity contribution in [2.45, 2.75) is 25.9 Å². The maximum atomic E-state index is 13.4. The van der Waals surface area contributed by atoms with E-state index in [1.165, 1.54) is 12.3 Å². The summed E-state index contributed by atoms with van der Waals surface area (Å²) in [5.74, 6) is 0.324. The van der Waals surface area contributed by atoms with Crippen LogP contribution < -0.4 is 10.1 Å². The number of methoxy groups -OCH3 is 1. The van der Waals surface area contributed by atoms with Gasteiger partial charge in [-0.05, 0) is 25.1 Å². The summed E-state index contributed by atoms with van der Waals surface area (Å²) >= 11 is 0. The zero-order valence-corrected chi connectivity index (χ0v) is 11.9. The number of pyridine rings is 1. The number of hydrogen-bond acceptors (Lipinski definition) is 4. The van der Waals surface area contributed by atoms with Crippen LogP contribution in [0.3, 0.4) is 0 Å². The van der Waals surface area contributed by atoms with Crippen LogP contribution in [0.5, 0.6) is 5.75 Å². The summed E-state index contributed by atoms with van der Waals surface area (Å²) in [7, 11) is 3.42. The largest absolute Gasteiger partial charge is 0.493 e. The molecule has 0 bridgehead atoms. The van der Waals surface area contributed by atoms with Gasteiger partial charge in [0, 0.05) is 12.7 Å². The van der Waals surface area contributed by atoms with Gasteiger partial charge in [0.1, 0.15) is 11.5 Å². The van der Waals surface area contributed by atoms with E-state index in [2.05, 4.69) is 22.3 Å². The second-order valence-corrected chi connectivity index (χ2v) is 4.48. The molecule has 2 rings (SSSR count). The normalized spacial score (nSPS) is 12.4. The number of halogens is 1. The maximum Gasteiger partial charge on any atom is 0.161 e. The van der Waals surface area contributed by atoms with Gasteiger partial charge in [-0.15, -0.1) is 0 Å². The van der Waals surface area contributed by atoms with Crippen LogP contribution in [0.1, 0.15) is 30.6 Å². The van der Waals surface area contributed by atoms with Crippen LogP contribution in [-0.2, 0) is 6.54 Å². The lowest BCUT2D eigenvalue weighted by atomic mass is 10.1. The maximum absolute atomic E-state index is 13.4. The highest BCUT2D eigenvalue weighted by molar-refractivity contribution is 5.35. The van der Waals surface area contributed by atoms with E-state index in [1.54, 1.807) is 19.5 Å². The van der Waals surface area contributed by atoms with Crippen molar-refractivity contribution in [1.29, 1.82) is 0 Å². The predicted octanol–water partition coefficient (Wildman–Crippen LogP) is 2.14. The third kappa shape index (κ3) is 2.80. The fraction of sp³-hybridized carbons (Fsp3) is 0.429. The van der Waals surface area contributed by atoms with E-state index in [1.807, 2.05) is 11.7 Å². The molecule has 0 aliphatic carbocycles. The van der Waals surface area contributed by atoms with Gasteiger partial charge < -0.3 is 10.1 Å². The molecule has 2 aromatic heterocycles. The molecule has 1 unspecified atom stereocenters. The van der Waals surface area contributed by atoms with E-state index < -0.39 is 0 Å². The van der Waals surface area contributed by atoms with E-state index in [0.717, 1.165) is 24.2 Å². The van der Waals surface area contributed by atoms with Crippen LogP contribution in [0.15, 0.2) is 24.7 Å². The number of aromatic nitrogens is 3. The smallest absolute Gasteiger partial charge is 0.161 e. The van der Waals surface area contributed by atoms with Crippen molar-refractivity contribution in [2.75, 3.05) is 14.2 Å². The molecule has 0 saturated carbocycles. The highest BCUT2D eigenvalue weighted by Gasteiger charge is 2.22. The van der Waals surface area contributed by atoms with Crippen molar-refractivity contribution in [1.82, 2.24) is 20.1 Å². The second kappa shape index (κ2) is 6.47. The lowest BCUT2D eigenvalue weighted by molar-refractivity contribution is 0.400. The first-order valence-electron chi connectivity index (χ1n) is 6.58. The molecule has 0 fully saturated rings. The van der Waals surface area contributed by atoms with Crippen molar-refractivity contribution in [3.05, 3.63) is 41.7 Å². The highest BCUT2D eigenvalue weighted by Crippen LogP contribution is 2.29. The topological polar surface area (TPSA) is 52.0 Å². The van der Waals surface area contributed by atoms with Crippen molar-refractivity contribution < 1.29 is 9.13 Å². The summed E-state index contributed by atoms with van der Waals surface area (Å²) in [6.45, 7) is 2.86. The quantitative estimate of drug-likeness (QED) is 0.879. The summed E-state index contributed by atoms with van der Waals surface area (Å²) < 4.78 is 20.6. The summed E-state index contributed by atoms with van der Waals surface area (Å²) in [6, 6.07) is 1.25. The first-order chi connectivity index (χ1) is 9.71. The first-order valence-corrected chi connectivity index (χ1v) is 6.58. The fourth-order valence-corrected chi connectivity index (χ4v) is 2.26. The number of hydrogen-bond donors (Lipinski definition) is 1. The van der Waals surface area contributed by atoms with Gasteiger partial charge in [-0.3, -0.25) is 9.67 Å². The number of aryl methyl sites for hydroxylation is 1. The molecule has 0 aliphatic heterocycles. The Labute approximate surface area is 117 Å². The van der Waals surface area contributed by atoms with Gasteiger partial charge in [0.25, 0.3) is 0 Å². The molecule has 0 saturated heterocycles. The molecule has 6 heteroatoms. The van der Waals surface area contributed by atoms with E-state index in [9.17, 15) is 4.39 Å². The Balaban J connectivity index is 2.48. The van der Waals surface area contributed by atoms with Crippen LogP contribution >= 0.6 is 0 Å². The van der Waals surface area contributed by atoms with Crippen LogP contribution in [0.25, 0.3) is 0 Å². The minimum absolute atomic E-state index is 0.220. The summed E-state index contributed by atoms with van der Waals surface area (Å²) in [5, 5.41) is 7.51. The van der Waals surface area contributed by atoms with Crippen LogP contribution in [-0.4, -0.2) is 28.9 Å². The summed E-state index contributed by atoms with van der Waals surface area (Å²) in [5.41, 5.74) is 1.62.